The number of nitrogens with zero attached hydrogens (tertiary/aromatic N) is 3. The van der Waals surface area contributed by atoms with E-state index in [1.54, 1.807) is 13.2 Å². The number of nitriles is 1. The van der Waals surface area contributed by atoms with Gasteiger partial charge in [-0.1, -0.05) is 0 Å². The molecule has 0 bridgehead atoms. The summed E-state index contributed by atoms with van der Waals surface area (Å²) >= 11 is 3.26. The molecule has 1 aromatic heterocycles. The molecule has 2 unspecified atom stereocenters. The molecule has 2 atom stereocenters. The van der Waals surface area contributed by atoms with Crippen LogP contribution in [0.4, 0.5) is 8.78 Å². The molecule has 0 saturated heterocycles. The highest BCUT2D eigenvalue weighted by molar-refractivity contribution is 9.10. The molecule has 1 aliphatic carbocycles. The molecule has 1 saturated carbocycles. The summed E-state index contributed by atoms with van der Waals surface area (Å²) in [6.07, 6.45) is 1.05. The Hall–Kier alpha value is -1.49. The fraction of sp³-hybridized carbons (Fsp3) is 0.615. The van der Waals surface area contributed by atoms with Gasteiger partial charge in [-0.15, -0.1) is 0 Å². The van der Waals surface area contributed by atoms with Crippen molar-refractivity contribution in [3.63, 3.8) is 0 Å². The molecule has 1 N–H and O–H groups in total. The van der Waals surface area contributed by atoms with Crippen molar-refractivity contribution in [1.29, 1.82) is 5.26 Å². The van der Waals surface area contributed by atoms with Crippen LogP contribution in [0.5, 0.6) is 0 Å². The SMILES string of the molecule is Cn1cc(C2CC(F)(F)CCC2C(=O)NCC#N)c(Br)n1. The fourth-order valence-electron chi connectivity index (χ4n) is 2.76. The molecule has 114 valence electrons. The maximum absolute atomic E-state index is 13.7. The van der Waals surface area contributed by atoms with E-state index in [9.17, 15) is 13.6 Å². The van der Waals surface area contributed by atoms with Crippen LogP contribution in [0.25, 0.3) is 0 Å². The highest BCUT2D eigenvalue weighted by Gasteiger charge is 2.45. The molecule has 0 spiro atoms. The molecule has 0 aliphatic heterocycles. The van der Waals surface area contributed by atoms with Crippen LogP contribution >= 0.6 is 15.9 Å². The van der Waals surface area contributed by atoms with Gasteiger partial charge in [0.15, 0.2) is 0 Å². The predicted molar refractivity (Wildman–Crippen MR) is 74.6 cm³/mol. The van der Waals surface area contributed by atoms with Crippen LogP contribution in [-0.4, -0.2) is 28.2 Å². The van der Waals surface area contributed by atoms with Crippen molar-refractivity contribution in [3.05, 3.63) is 16.4 Å². The Labute approximate surface area is 129 Å². The first-order valence-electron chi connectivity index (χ1n) is 6.55. The van der Waals surface area contributed by atoms with Gasteiger partial charge in [0.2, 0.25) is 11.8 Å². The van der Waals surface area contributed by atoms with Crippen LogP contribution in [0.15, 0.2) is 10.8 Å². The lowest BCUT2D eigenvalue weighted by Crippen LogP contribution is -2.40. The molecule has 0 radical (unpaired) electrons. The predicted octanol–water partition coefficient (Wildman–Crippen LogP) is 2.34. The van der Waals surface area contributed by atoms with Gasteiger partial charge in [0.1, 0.15) is 11.1 Å². The van der Waals surface area contributed by atoms with Gasteiger partial charge in [0.05, 0.1) is 6.07 Å². The van der Waals surface area contributed by atoms with Crippen molar-refractivity contribution < 1.29 is 13.6 Å². The summed E-state index contributed by atoms with van der Waals surface area (Å²) in [6.45, 7) is -0.118. The molecule has 21 heavy (non-hydrogen) atoms. The van der Waals surface area contributed by atoms with Gasteiger partial charge in [-0.3, -0.25) is 9.48 Å². The molecule has 1 aromatic rings. The number of carbonyl (C=O) groups excluding carboxylic acids is 1. The van der Waals surface area contributed by atoms with Crippen LogP contribution in [0.3, 0.4) is 0 Å². The monoisotopic (exact) mass is 360 g/mol. The number of alkyl halides is 2. The minimum absolute atomic E-state index is 0.0935. The van der Waals surface area contributed by atoms with E-state index in [0.717, 1.165) is 0 Å². The van der Waals surface area contributed by atoms with E-state index in [2.05, 4.69) is 26.3 Å². The van der Waals surface area contributed by atoms with Gasteiger partial charge in [-0.05, 0) is 22.4 Å². The van der Waals surface area contributed by atoms with E-state index in [-0.39, 0.29) is 31.7 Å². The summed E-state index contributed by atoms with van der Waals surface area (Å²) in [4.78, 5) is 12.1. The van der Waals surface area contributed by atoms with E-state index in [0.29, 0.717) is 10.2 Å². The third-order valence-corrected chi connectivity index (χ3v) is 4.33. The second-order valence-electron chi connectivity index (χ2n) is 5.24. The highest BCUT2D eigenvalue weighted by atomic mass is 79.9. The smallest absolute Gasteiger partial charge is 0.248 e. The Morgan fingerprint density at radius 3 is 3.00 bits per heavy atom. The number of aryl methyl sites for hydroxylation is 1. The minimum Gasteiger partial charge on any atom is -0.343 e. The summed E-state index contributed by atoms with van der Waals surface area (Å²) in [7, 11) is 1.69. The van der Waals surface area contributed by atoms with Crippen molar-refractivity contribution in [3.8, 4) is 6.07 Å². The first-order valence-corrected chi connectivity index (χ1v) is 7.35. The van der Waals surface area contributed by atoms with Gasteiger partial charge in [-0.25, -0.2) is 8.78 Å². The quantitative estimate of drug-likeness (QED) is 0.841. The van der Waals surface area contributed by atoms with E-state index in [1.807, 2.05) is 6.07 Å². The summed E-state index contributed by atoms with van der Waals surface area (Å²) < 4.78 is 29.5. The average molecular weight is 361 g/mol. The summed E-state index contributed by atoms with van der Waals surface area (Å²) in [6, 6.07) is 1.82. The van der Waals surface area contributed by atoms with Crippen molar-refractivity contribution in [2.45, 2.75) is 31.1 Å². The summed E-state index contributed by atoms with van der Waals surface area (Å²) in [5, 5.41) is 15.1. The molecule has 1 fully saturated rings. The third kappa shape index (κ3) is 3.59. The van der Waals surface area contributed by atoms with Gasteiger partial charge < -0.3 is 5.32 Å². The standard InChI is InChI=1S/C13H15BrF2N4O/c1-20-7-10(11(14)19-20)9-6-13(15,16)3-2-8(9)12(21)18-5-4-17/h7-9H,2-3,5-6H2,1H3,(H,18,21). The molecule has 8 heteroatoms. The molecule has 1 heterocycles. The number of amides is 1. The number of aromatic nitrogens is 2. The van der Waals surface area contributed by atoms with Crippen LogP contribution in [0.2, 0.25) is 0 Å². The number of halogens is 3. The Morgan fingerprint density at radius 1 is 1.71 bits per heavy atom. The Bertz CT molecular complexity index is 581. The lowest BCUT2D eigenvalue weighted by atomic mass is 9.74. The second kappa shape index (κ2) is 6.10. The number of hydrogen-bond acceptors (Lipinski definition) is 3. The molecule has 0 aromatic carbocycles. The molecule has 2 rings (SSSR count). The van der Waals surface area contributed by atoms with Crippen molar-refractivity contribution >= 4 is 21.8 Å². The van der Waals surface area contributed by atoms with E-state index in [4.69, 9.17) is 5.26 Å². The lowest BCUT2D eigenvalue weighted by Gasteiger charge is -2.34. The van der Waals surface area contributed by atoms with E-state index >= 15 is 0 Å². The molecule has 1 aliphatic rings. The van der Waals surface area contributed by atoms with Gasteiger partial charge in [0, 0.05) is 43.5 Å². The number of rotatable bonds is 3. The third-order valence-electron chi connectivity index (χ3n) is 3.71. The Morgan fingerprint density at radius 2 is 2.43 bits per heavy atom. The lowest BCUT2D eigenvalue weighted by molar-refractivity contribution is -0.130. The zero-order chi connectivity index (χ0) is 15.6. The molecular formula is C13H15BrF2N4O. The van der Waals surface area contributed by atoms with Gasteiger partial charge in [-0.2, -0.15) is 10.4 Å². The van der Waals surface area contributed by atoms with Gasteiger partial charge >= 0.3 is 0 Å². The topological polar surface area (TPSA) is 70.7 Å². The van der Waals surface area contributed by atoms with E-state index in [1.165, 1.54) is 4.68 Å². The first-order chi connectivity index (χ1) is 9.84. The summed E-state index contributed by atoms with van der Waals surface area (Å²) in [5.41, 5.74) is 0.606. The molecule has 5 nitrogen and oxygen atoms in total. The minimum atomic E-state index is -2.79. The highest BCUT2D eigenvalue weighted by Crippen LogP contribution is 2.46. The largest absolute Gasteiger partial charge is 0.343 e. The van der Waals surface area contributed by atoms with Gasteiger partial charge in [0.25, 0.3) is 0 Å². The normalized spacial score (nSPS) is 24.3. The van der Waals surface area contributed by atoms with Crippen molar-refractivity contribution in [2.24, 2.45) is 13.0 Å². The molecule has 1 amide bonds. The zero-order valence-electron chi connectivity index (χ0n) is 11.4. The fourth-order valence-corrected chi connectivity index (χ4v) is 3.41. The maximum Gasteiger partial charge on any atom is 0.248 e. The molecular weight excluding hydrogens is 346 g/mol. The van der Waals surface area contributed by atoms with Crippen LogP contribution in [0, 0.1) is 17.2 Å². The number of hydrogen-bond donors (Lipinski definition) is 1. The average Bonchev–Trinajstić information content (AvgIpc) is 2.74. The number of nitrogens with one attached hydrogen (secondary N) is 1. The second-order valence-corrected chi connectivity index (χ2v) is 5.99. The Kier molecular flexibility index (Phi) is 4.61. The number of carbonyl (C=O) groups is 1. The van der Waals surface area contributed by atoms with Crippen LogP contribution < -0.4 is 5.32 Å². The summed E-state index contributed by atoms with van der Waals surface area (Å²) in [5.74, 6) is -4.33. The van der Waals surface area contributed by atoms with Crippen molar-refractivity contribution in [1.82, 2.24) is 15.1 Å². The first kappa shape index (κ1) is 15.9. The van der Waals surface area contributed by atoms with Crippen LogP contribution in [0.1, 0.15) is 30.7 Å². The van der Waals surface area contributed by atoms with E-state index < -0.39 is 17.8 Å². The maximum atomic E-state index is 13.7. The zero-order valence-corrected chi connectivity index (χ0v) is 13.0. The van der Waals surface area contributed by atoms with Crippen LogP contribution in [-0.2, 0) is 11.8 Å². The Balaban J connectivity index is 2.28. The van der Waals surface area contributed by atoms with Crippen molar-refractivity contribution in [2.75, 3.05) is 6.54 Å².